The van der Waals surface area contributed by atoms with Gasteiger partial charge in [0.15, 0.2) is 12.4 Å². The van der Waals surface area contributed by atoms with E-state index in [9.17, 15) is 19.2 Å². The summed E-state index contributed by atoms with van der Waals surface area (Å²) in [4.78, 5) is 51.6. The van der Waals surface area contributed by atoms with Gasteiger partial charge in [-0.1, -0.05) is 11.6 Å². The van der Waals surface area contributed by atoms with Gasteiger partial charge in [0.2, 0.25) is 0 Å². The molecule has 0 saturated carbocycles. The lowest BCUT2D eigenvalue weighted by atomic mass is 10.0. The van der Waals surface area contributed by atoms with Gasteiger partial charge in [0, 0.05) is 45.0 Å². The highest BCUT2D eigenvalue weighted by molar-refractivity contribution is 6.31. The quantitative estimate of drug-likeness (QED) is 0.181. The summed E-state index contributed by atoms with van der Waals surface area (Å²) < 4.78 is 15.5. The van der Waals surface area contributed by atoms with E-state index in [0.717, 1.165) is 10.9 Å². The molecule has 0 N–H and O–H groups in total. The maximum absolute atomic E-state index is 13.3. The number of esters is 2. The summed E-state index contributed by atoms with van der Waals surface area (Å²) in [5.74, 6) is -1.41. The van der Waals surface area contributed by atoms with E-state index in [1.165, 1.54) is 21.6 Å². The fourth-order valence-corrected chi connectivity index (χ4v) is 5.70. The van der Waals surface area contributed by atoms with E-state index in [2.05, 4.69) is 15.5 Å². The first-order chi connectivity index (χ1) is 21.5. The molecule has 0 unspecified atom stereocenters. The van der Waals surface area contributed by atoms with Gasteiger partial charge in [0.25, 0.3) is 5.56 Å². The molecule has 230 valence electrons. The van der Waals surface area contributed by atoms with Crippen molar-refractivity contribution in [1.29, 1.82) is 0 Å². The van der Waals surface area contributed by atoms with E-state index >= 15 is 0 Å². The number of carbonyl (C=O) groups excluding carboxylic acids is 3. The van der Waals surface area contributed by atoms with Crippen molar-refractivity contribution in [3.8, 4) is 16.8 Å². The van der Waals surface area contributed by atoms with Gasteiger partial charge in [-0.15, -0.1) is 5.10 Å². The second-order valence-electron chi connectivity index (χ2n) is 11.7. The first kappa shape index (κ1) is 29.9. The molecule has 4 heterocycles. The van der Waals surface area contributed by atoms with E-state index in [4.69, 9.17) is 21.1 Å². The van der Waals surface area contributed by atoms with Crippen LogP contribution in [0.1, 0.15) is 49.3 Å². The number of hydrogen-bond acceptors (Lipinski definition) is 9. The number of rotatable bonds is 8. The fraction of sp³-hybridized carbons (Fsp3) is 0.281. The molecule has 0 saturated heterocycles. The highest BCUT2D eigenvalue weighted by Crippen LogP contribution is 2.32. The molecule has 12 nitrogen and oxygen atoms in total. The van der Waals surface area contributed by atoms with Crippen molar-refractivity contribution in [3.05, 3.63) is 93.8 Å². The number of benzene rings is 2. The molecular formula is C32H29ClN6O6. The predicted octanol–water partition coefficient (Wildman–Crippen LogP) is 4.35. The Morgan fingerprint density at radius 1 is 1.04 bits per heavy atom. The maximum Gasteiger partial charge on any atom is 0.329 e. The van der Waals surface area contributed by atoms with Crippen LogP contribution >= 0.6 is 11.6 Å². The van der Waals surface area contributed by atoms with Crippen LogP contribution in [0.2, 0.25) is 5.02 Å². The van der Waals surface area contributed by atoms with Crippen molar-refractivity contribution in [3.63, 3.8) is 0 Å². The van der Waals surface area contributed by atoms with Crippen LogP contribution in [0.25, 0.3) is 27.7 Å². The lowest BCUT2D eigenvalue weighted by Crippen LogP contribution is -2.29. The van der Waals surface area contributed by atoms with E-state index in [1.54, 1.807) is 74.0 Å². The number of aryl methyl sites for hydroxylation is 1. The standard InChI is InChI=1S/C32H29ClN6O6/c1-32(2,3)45-30(42)16-37-11-10-19-12-20(4-7-25(19)37)28(40)17-44-31(43)27-9-6-23-13-21(14-29(41)39(23)27)24-15-22(33)5-8-26(24)38-18-34-35-36-38/h4-5,7-8,10-15,18,27H,6,9,16-17H2,1-3H3/t27-/m0/s1. The van der Waals surface area contributed by atoms with Crippen molar-refractivity contribution < 1.29 is 23.9 Å². The molecule has 0 aliphatic carbocycles. The smallest absolute Gasteiger partial charge is 0.329 e. The molecule has 0 radical (unpaired) electrons. The summed E-state index contributed by atoms with van der Waals surface area (Å²) in [6.45, 7) is 4.98. The minimum atomic E-state index is -0.850. The number of hydrogen-bond donors (Lipinski definition) is 0. The lowest BCUT2D eigenvalue weighted by Gasteiger charge is -2.19. The predicted molar refractivity (Wildman–Crippen MR) is 164 cm³/mol. The Morgan fingerprint density at radius 2 is 1.87 bits per heavy atom. The Bertz CT molecular complexity index is 2010. The molecule has 1 aliphatic rings. The second kappa shape index (κ2) is 11.8. The molecule has 0 amide bonds. The normalized spacial score (nSPS) is 14.4. The van der Waals surface area contributed by atoms with Gasteiger partial charge in [-0.2, -0.15) is 4.68 Å². The second-order valence-corrected chi connectivity index (χ2v) is 12.2. The zero-order chi connectivity index (χ0) is 31.9. The van der Waals surface area contributed by atoms with Crippen molar-refractivity contribution in [2.24, 2.45) is 0 Å². The Kier molecular flexibility index (Phi) is 7.83. The molecule has 6 rings (SSSR count). The Morgan fingerprint density at radius 3 is 2.62 bits per heavy atom. The average molecular weight is 629 g/mol. The molecule has 2 aromatic carbocycles. The van der Waals surface area contributed by atoms with Crippen molar-refractivity contribution in [2.45, 2.75) is 51.8 Å². The molecule has 1 atom stereocenters. The summed E-state index contributed by atoms with van der Waals surface area (Å²) in [5, 5.41) is 12.6. The monoisotopic (exact) mass is 628 g/mol. The molecule has 0 bridgehead atoms. The van der Waals surface area contributed by atoms with Crippen LogP contribution in [0.3, 0.4) is 0 Å². The Hall–Kier alpha value is -5.10. The van der Waals surface area contributed by atoms with Crippen molar-refractivity contribution in [2.75, 3.05) is 6.61 Å². The van der Waals surface area contributed by atoms with Gasteiger partial charge in [-0.05, 0) is 98.1 Å². The Labute approximate surface area is 262 Å². The van der Waals surface area contributed by atoms with E-state index in [-0.39, 0.29) is 23.9 Å². The molecule has 0 spiro atoms. The van der Waals surface area contributed by atoms with E-state index in [0.29, 0.717) is 45.9 Å². The van der Waals surface area contributed by atoms with Gasteiger partial charge in [0.05, 0.1) is 5.69 Å². The third-order valence-electron chi connectivity index (χ3n) is 7.43. The third kappa shape index (κ3) is 6.27. The number of pyridine rings is 1. The zero-order valence-corrected chi connectivity index (χ0v) is 25.5. The molecule has 0 fully saturated rings. The minimum Gasteiger partial charge on any atom is -0.459 e. The topological polar surface area (TPSA) is 140 Å². The molecule has 3 aromatic heterocycles. The van der Waals surface area contributed by atoms with Gasteiger partial charge in [0.1, 0.15) is 24.5 Å². The SMILES string of the molecule is CC(C)(C)OC(=O)Cn1ccc2cc(C(=O)COC(=O)[C@@H]3CCc4cc(-c5cc(Cl)ccc5-n5cnnn5)cc(=O)n43)ccc21. The highest BCUT2D eigenvalue weighted by Gasteiger charge is 2.32. The lowest BCUT2D eigenvalue weighted by molar-refractivity contribution is -0.155. The zero-order valence-electron chi connectivity index (χ0n) is 24.8. The highest BCUT2D eigenvalue weighted by atomic mass is 35.5. The van der Waals surface area contributed by atoms with Crippen LogP contribution in [0, 0.1) is 0 Å². The average Bonchev–Trinajstić information content (AvgIpc) is 3.75. The van der Waals surface area contributed by atoms with Crippen LogP contribution in [0.4, 0.5) is 0 Å². The van der Waals surface area contributed by atoms with Crippen LogP contribution in [0.15, 0.2) is 71.9 Å². The maximum atomic E-state index is 13.3. The molecule has 13 heteroatoms. The summed E-state index contributed by atoms with van der Waals surface area (Å²) >= 11 is 6.27. The summed E-state index contributed by atoms with van der Waals surface area (Å²) in [7, 11) is 0. The fourth-order valence-electron chi connectivity index (χ4n) is 5.53. The molecule has 1 aliphatic heterocycles. The number of aromatic nitrogens is 6. The van der Waals surface area contributed by atoms with Crippen LogP contribution in [-0.4, -0.2) is 59.3 Å². The van der Waals surface area contributed by atoms with Crippen molar-refractivity contribution in [1.82, 2.24) is 29.3 Å². The number of tetrazole rings is 1. The number of nitrogens with zero attached hydrogens (tertiary/aromatic N) is 6. The van der Waals surface area contributed by atoms with E-state index < -0.39 is 24.2 Å². The summed E-state index contributed by atoms with van der Waals surface area (Å²) in [6, 6.07) is 14.5. The summed E-state index contributed by atoms with van der Waals surface area (Å²) in [5.41, 5.74) is 2.72. The number of ketones is 1. The number of halogens is 1. The third-order valence-corrected chi connectivity index (χ3v) is 7.66. The van der Waals surface area contributed by atoms with Gasteiger partial charge in [-0.25, -0.2) is 4.79 Å². The molecule has 45 heavy (non-hydrogen) atoms. The largest absolute Gasteiger partial charge is 0.459 e. The van der Waals surface area contributed by atoms with Crippen molar-refractivity contribution >= 4 is 40.2 Å². The first-order valence-electron chi connectivity index (χ1n) is 14.3. The minimum absolute atomic E-state index is 0.0367. The number of ether oxygens (including phenoxy) is 2. The molecule has 5 aromatic rings. The van der Waals surface area contributed by atoms with E-state index in [1.807, 2.05) is 6.07 Å². The van der Waals surface area contributed by atoms with Crippen LogP contribution < -0.4 is 5.56 Å². The summed E-state index contributed by atoms with van der Waals surface area (Å²) in [6.07, 6.45) is 4.02. The first-order valence-corrected chi connectivity index (χ1v) is 14.6. The number of carbonyl (C=O) groups is 3. The van der Waals surface area contributed by atoms with Crippen LogP contribution in [-0.2, 0) is 32.0 Å². The van der Waals surface area contributed by atoms with Crippen LogP contribution in [0.5, 0.6) is 0 Å². The van der Waals surface area contributed by atoms with Gasteiger partial charge < -0.3 is 14.0 Å². The van der Waals surface area contributed by atoms with Gasteiger partial charge in [-0.3, -0.25) is 19.0 Å². The van der Waals surface area contributed by atoms with Gasteiger partial charge >= 0.3 is 11.9 Å². The molecular weight excluding hydrogens is 600 g/mol. The number of Topliss-reactive ketones (excluding diaryl/α,β-unsaturated/α-hetero) is 1. The number of fused-ring (bicyclic) bond motifs is 2. The Balaban J connectivity index is 1.14.